The minimum Gasteiger partial charge on any atom is -0.494 e. The number of benzene rings is 1. The van der Waals surface area contributed by atoms with Crippen LogP contribution in [0.2, 0.25) is 0 Å². The van der Waals surface area contributed by atoms with E-state index in [4.69, 9.17) is 9.47 Å². The summed E-state index contributed by atoms with van der Waals surface area (Å²) in [7, 11) is 1.63. The quantitative estimate of drug-likeness (QED) is 0.726. The molecule has 0 aliphatic heterocycles. The van der Waals surface area contributed by atoms with Gasteiger partial charge in [-0.2, -0.15) is 0 Å². The summed E-state index contributed by atoms with van der Waals surface area (Å²) in [5, 5.41) is 5.80. The summed E-state index contributed by atoms with van der Waals surface area (Å²) in [6, 6.07) is 7.15. The first kappa shape index (κ1) is 16.7. The van der Waals surface area contributed by atoms with Crippen molar-refractivity contribution in [3.63, 3.8) is 0 Å². The number of nitrogens with one attached hydrogen (secondary N) is 2. The zero-order chi connectivity index (χ0) is 16.5. The zero-order valence-electron chi connectivity index (χ0n) is 13.2. The van der Waals surface area contributed by atoms with Crippen molar-refractivity contribution >= 4 is 17.4 Å². The molecule has 122 valence electrons. The second-order valence-electron chi connectivity index (χ2n) is 4.62. The molecular formula is C16H20N4O3. The smallest absolute Gasteiger partial charge is 0.275 e. The lowest BCUT2D eigenvalue weighted by Gasteiger charge is -2.07. The molecule has 1 aromatic carbocycles. The molecule has 0 atom stereocenters. The van der Waals surface area contributed by atoms with Crippen LogP contribution in [0, 0.1) is 0 Å². The number of anilines is 2. The van der Waals surface area contributed by atoms with Gasteiger partial charge in [-0.1, -0.05) is 0 Å². The van der Waals surface area contributed by atoms with Crippen LogP contribution >= 0.6 is 0 Å². The highest BCUT2D eigenvalue weighted by Gasteiger charge is 2.08. The number of hydrogen-bond donors (Lipinski definition) is 2. The number of carbonyl (C=O) groups is 1. The predicted molar refractivity (Wildman–Crippen MR) is 88.0 cm³/mol. The molecule has 1 heterocycles. The third kappa shape index (κ3) is 5.23. The lowest BCUT2D eigenvalue weighted by Crippen LogP contribution is -2.15. The van der Waals surface area contributed by atoms with Gasteiger partial charge >= 0.3 is 0 Å². The predicted octanol–water partition coefficient (Wildman–Crippen LogP) is 2.19. The van der Waals surface area contributed by atoms with Crippen LogP contribution in [0.25, 0.3) is 0 Å². The minimum atomic E-state index is -0.315. The average Bonchev–Trinajstić information content (AvgIpc) is 2.58. The molecule has 0 saturated heterocycles. The number of ether oxygens (including phenoxy) is 2. The van der Waals surface area contributed by atoms with E-state index < -0.39 is 0 Å². The van der Waals surface area contributed by atoms with E-state index in [-0.39, 0.29) is 11.6 Å². The van der Waals surface area contributed by atoms with Gasteiger partial charge < -0.3 is 20.1 Å². The zero-order valence-corrected chi connectivity index (χ0v) is 13.2. The van der Waals surface area contributed by atoms with Gasteiger partial charge in [0.15, 0.2) is 0 Å². The van der Waals surface area contributed by atoms with E-state index >= 15 is 0 Å². The van der Waals surface area contributed by atoms with E-state index in [9.17, 15) is 4.79 Å². The van der Waals surface area contributed by atoms with E-state index in [1.54, 1.807) is 31.4 Å². The van der Waals surface area contributed by atoms with Crippen molar-refractivity contribution in [3.05, 3.63) is 42.4 Å². The van der Waals surface area contributed by atoms with Crippen LogP contribution in [0.3, 0.4) is 0 Å². The first-order chi connectivity index (χ1) is 11.2. The van der Waals surface area contributed by atoms with Crippen LogP contribution in [0.1, 0.15) is 17.4 Å². The Morgan fingerprint density at radius 1 is 1.17 bits per heavy atom. The number of amides is 1. The number of aromatic nitrogens is 2. The summed E-state index contributed by atoms with van der Waals surface area (Å²) >= 11 is 0. The topological polar surface area (TPSA) is 85.4 Å². The third-order valence-corrected chi connectivity index (χ3v) is 2.92. The maximum atomic E-state index is 12.1. The Balaban J connectivity index is 1.92. The molecule has 0 saturated carbocycles. The standard InChI is InChI=1S/C16H20N4O3/c1-3-23-13-6-4-12(5-7-13)20-16(21)14-10-19-15(11-18-14)17-8-9-22-2/h4-7,10-11H,3,8-9H2,1-2H3,(H,17,19)(H,20,21). The van der Waals surface area contributed by atoms with Gasteiger partial charge in [0.05, 0.1) is 25.6 Å². The van der Waals surface area contributed by atoms with Crippen LogP contribution in [-0.2, 0) is 4.74 Å². The molecule has 0 unspecified atom stereocenters. The molecule has 0 aliphatic rings. The van der Waals surface area contributed by atoms with Gasteiger partial charge in [-0.15, -0.1) is 0 Å². The lowest BCUT2D eigenvalue weighted by atomic mass is 10.3. The van der Waals surface area contributed by atoms with Crippen LogP contribution in [-0.4, -0.2) is 42.7 Å². The van der Waals surface area contributed by atoms with Gasteiger partial charge in [0.2, 0.25) is 0 Å². The number of methoxy groups -OCH3 is 1. The molecule has 7 heteroatoms. The van der Waals surface area contributed by atoms with Crippen LogP contribution in [0.4, 0.5) is 11.5 Å². The lowest BCUT2D eigenvalue weighted by molar-refractivity contribution is 0.102. The highest BCUT2D eigenvalue weighted by atomic mass is 16.5. The van der Waals surface area contributed by atoms with E-state index in [0.29, 0.717) is 31.3 Å². The molecule has 1 amide bonds. The van der Waals surface area contributed by atoms with Gasteiger partial charge in [-0.25, -0.2) is 9.97 Å². The Kier molecular flexibility index (Phi) is 6.31. The van der Waals surface area contributed by atoms with Gasteiger partial charge in [0.25, 0.3) is 5.91 Å². The Morgan fingerprint density at radius 2 is 1.96 bits per heavy atom. The fourth-order valence-electron chi connectivity index (χ4n) is 1.81. The minimum absolute atomic E-state index is 0.246. The molecule has 23 heavy (non-hydrogen) atoms. The van der Waals surface area contributed by atoms with Crippen molar-refractivity contribution in [1.29, 1.82) is 0 Å². The molecule has 7 nitrogen and oxygen atoms in total. The number of hydrogen-bond acceptors (Lipinski definition) is 6. The molecule has 0 bridgehead atoms. The van der Waals surface area contributed by atoms with Gasteiger partial charge in [-0.05, 0) is 31.2 Å². The third-order valence-electron chi connectivity index (χ3n) is 2.92. The number of carbonyl (C=O) groups excluding carboxylic acids is 1. The van der Waals surface area contributed by atoms with Gasteiger partial charge in [0.1, 0.15) is 17.3 Å². The van der Waals surface area contributed by atoms with E-state index in [1.807, 2.05) is 6.92 Å². The molecule has 0 radical (unpaired) electrons. The van der Waals surface area contributed by atoms with Gasteiger partial charge in [0, 0.05) is 19.3 Å². The fourth-order valence-corrected chi connectivity index (χ4v) is 1.81. The van der Waals surface area contributed by atoms with E-state index in [2.05, 4.69) is 20.6 Å². The first-order valence-electron chi connectivity index (χ1n) is 7.32. The number of rotatable bonds is 8. The normalized spacial score (nSPS) is 10.2. The van der Waals surface area contributed by atoms with E-state index in [0.717, 1.165) is 5.75 Å². The maximum Gasteiger partial charge on any atom is 0.275 e. The Morgan fingerprint density at radius 3 is 2.57 bits per heavy atom. The van der Waals surface area contributed by atoms with Crippen molar-refractivity contribution in [3.8, 4) is 5.75 Å². The van der Waals surface area contributed by atoms with E-state index in [1.165, 1.54) is 12.4 Å². The Labute approximate surface area is 135 Å². The maximum absolute atomic E-state index is 12.1. The molecule has 1 aromatic heterocycles. The van der Waals surface area contributed by atoms with Crippen molar-refractivity contribution in [2.75, 3.05) is 37.5 Å². The summed E-state index contributed by atoms with van der Waals surface area (Å²) < 4.78 is 10.3. The highest BCUT2D eigenvalue weighted by molar-refractivity contribution is 6.02. The molecule has 0 aliphatic carbocycles. The summed E-state index contributed by atoms with van der Waals surface area (Å²) in [4.78, 5) is 20.4. The summed E-state index contributed by atoms with van der Waals surface area (Å²) in [6.45, 7) is 3.72. The largest absolute Gasteiger partial charge is 0.494 e. The van der Waals surface area contributed by atoms with Crippen molar-refractivity contribution in [1.82, 2.24) is 9.97 Å². The monoisotopic (exact) mass is 316 g/mol. The van der Waals surface area contributed by atoms with Crippen molar-refractivity contribution in [2.45, 2.75) is 6.92 Å². The van der Waals surface area contributed by atoms with Crippen molar-refractivity contribution in [2.24, 2.45) is 0 Å². The second-order valence-corrected chi connectivity index (χ2v) is 4.62. The van der Waals surface area contributed by atoms with Crippen LogP contribution in [0.15, 0.2) is 36.7 Å². The van der Waals surface area contributed by atoms with Crippen molar-refractivity contribution < 1.29 is 14.3 Å². The Hall–Kier alpha value is -2.67. The summed E-state index contributed by atoms with van der Waals surface area (Å²) in [5.41, 5.74) is 0.915. The first-order valence-corrected chi connectivity index (χ1v) is 7.32. The van der Waals surface area contributed by atoms with Gasteiger partial charge in [-0.3, -0.25) is 4.79 Å². The summed E-state index contributed by atoms with van der Waals surface area (Å²) in [5.74, 6) is 1.04. The SMILES string of the molecule is CCOc1ccc(NC(=O)c2cnc(NCCOC)cn2)cc1. The van der Waals surface area contributed by atoms with Crippen LogP contribution in [0.5, 0.6) is 5.75 Å². The molecule has 2 N–H and O–H groups in total. The second kappa shape index (κ2) is 8.70. The fraction of sp³-hybridized carbons (Fsp3) is 0.312. The Bertz CT molecular complexity index is 614. The average molecular weight is 316 g/mol. The highest BCUT2D eigenvalue weighted by Crippen LogP contribution is 2.16. The summed E-state index contributed by atoms with van der Waals surface area (Å²) in [6.07, 6.45) is 2.95. The number of nitrogens with zero attached hydrogens (tertiary/aromatic N) is 2. The molecule has 0 fully saturated rings. The molecular weight excluding hydrogens is 296 g/mol. The molecule has 2 rings (SSSR count). The molecule has 2 aromatic rings. The molecule has 0 spiro atoms. The van der Waals surface area contributed by atoms with Crippen LogP contribution < -0.4 is 15.4 Å².